The molecule has 1 aliphatic heterocycles. The second kappa shape index (κ2) is 4.24. The van der Waals surface area contributed by atoms with Crippen LogP contribution in [0.5, 0.6) is 0 Å². The number of thiophene rings is 1. The molecule has 1 atom stereocenters. The topological polar surface area (TPSA) is 26.3 Å². The van der Waals surface area contributed by atoms with Crippen molar-refractivity contribution in [2.45, 2.75) is 19.8 Å². The number of rotatable bonds is 2. The Morgan fingerprint density at radius 3 is 3.07 bits per heavy atom. The van der Waals surface area contributed by atoms with Crippen LogP contribution in [-0.2, 0) is 4.74 Å². The highest BCUT2D eigenvalue weighted by atomic mass is 32.1. The van der Waals surface area contributed by atoms with E-state index in [-0.39, 0.29) is 11.7 Å². The van der Waals surface area contributed by atoms with Crippen LogP contribution in [0, 0.1) is 12.8 Å². The zero-order valence-corrected chi connectivity index (χ0v) is 9.10. The number of ketones is 1. The molecule has 1 fully saturated rings. The average Bonchev–Trinajstić information content (AvgIpc) is 2.65. The van der Waals surface area contributed by atoms with E-state index in [0.717, 1.165) is 25.0 Å². The smallest absolute Gasteiger partial charge is 0.169 e. The monoisotopic (exact) mass is 210 g/mol. The van der Waals surface area contributed by atoms with E-state index in [9.17, 15) is 4.79 Å². The number of aryl methyl sites for hydroxylation is 1. The van der Waals surface area contributed by atoms with Crippen molar-refractivity contribution in [2.75, 3.05) is 13.2 Å². The van der Waals surface area contributed by atoms with Gasteiger partial charge in [0.1, 0.15) is 0 Å². The molecule has 76 valence electrons. The van der Waals surface area contributed by atoms with Crippen LogP contribution in [0.4, 0.5) is 0 Å². The van der Waals surface area contributed by atoms with Gasteiger partial charge in [0.05, 0.1) is 6.61 Å². The Morgan fingerprint density at radius 2 is 2.50 bits per heavy atom. The highest BCUT2D eigenvalue weighted by molar-refractivity contribution is 7.10. The molecular weight excluding hydrogens is 196 g/mol. The lowest BCUT2D eigenvalue weighted by Gasteiger charge is -2.20. The number of carbonyl (C=O) groups is 1. The SMILES string of the molecule is Cc1cc(C(=O)C2CCCOC2)cs1. The average molecular weight is 210 g/mol. The van der Waals surface area contributed by atoms with Crippen molar-refractivity contribution in [1.29, 1.82) is 0 Å². The van der Waals surface area contributed by atoms with E-state index in [4.69, 9.17) is 4.74 Å². The summed E-state index contributed by atoms with van der Waals surface area (Å²) < 4.78 is 5.31. The lowest BCUT2D eigenvalue weighted by atomic mass is 9.94. The molecule has 2 nitrogen and oxygen atoms in total. The number of carbonyl (C=O) groups excluding carboxylic acids is 1. The van der Waals surface area contributed by atoms with Crippen molar-refractivity contribution < 1.29 is 9.53 Å². The normalized spacial score (nSPS) is 22.2. The van der Waals surface area contributed by atoms with E-state index < -0.39 is 0 Å². The molecule has 1 unspecified atom stereocenters. The first-order valence-electron chi connectivity index (χ1n) is 4.94. The van der Waals surface area contributed by atoms with Gasteiger partial charge in [-0.3, -0.25) is 4.79 Å². The predicted molar refractivity (Wildman–Crippen MR) is 56.9 cm³/mol. The second-order valence-electron chi connectivity index (χ2n) is 3.72. The van der Waals surface area contributed by atoms with Gasteiger partial charge in [-0.25, -0.2) is 0 Å². The van der Waals surface area contributed by atoms with E-state index in [1.165, 1.54) is 4.88 Å². The first-order valence-corrected chi connectivity index (χ1v) is 5.82. The molecule has 3 heteroatoms. The molecule has 0 aliphatic carbocycles. The maximum absolute atomic E-state index is 11.9. The van der Waals surface area contributed by atoms with Crippen LogP contribution in [0.15, 0.2) is 11.4 Å². The fourth-order valence-corrected chi connectivity index (χ4v) is 2.45. The van der Waals surface area contributed by atoms with Gasteiger partial charge in [-0.2, -0.15) is 0 Å². The highest BCUT2D eigenvalue weighted by Crippen LogP contribution is 2.22. The summed E-state index contributed by atoms with van der Waals surface area (Å²) in [6.07, 6.45) is 1.99. The van der Waals surface area contributed by atoms with Crippen LogP contribution >= 0.6 is 11.3 Å². The zero-order chi connectivity index (χ0) is 9.97. The minimum atomic E-state index is 0.0951. The van der Waals surface area contributed by atoms with E-state index in [1.54, 1.807) is 11.3 Å². The number of hydrogen-bond donors (Lipinski definition) is 0. The molecule has 2 rings (SSSR count). The maximum atomic E-state index is 11.9. The molecular formula is C11H14O2S. The molecule has 14 heavy (non-hydrogen) atoms. The Bertz CT molecular complexity index is 324. The van der Waals surface area contributed by atoms with E-state index in [0.29, 0.717) is 6.61 Å². The number of hydrogen-bond acceptors (Lipinski definition) is 3. The van der Waals surface area contributed by atoms with Gasteiger partial charge in [-0.15, -0.1) is 11.3 Å². The lowest BCUT2D eigenvalue weighted by Crippen LogP contribution is -2.24. The summed E-state index contributed by atoms with van der Waals surface area (Å²) in [5, 5.41) is 1.95. The fourth-order valence-electron chi connectivity index (χ4n) is 1.76. The molecule has 0 bridgehead atoms. The standard InChI is InChI=1S/C11H14O2S/c1-8-5-10(7-14-8)11(12)9-3-2-4-13-6-9/h5,7,9H,2-4,6H2,1H3. The third kappa shape index (κ3) is 2.04. The summed E-state index contributed by atoms with van der Waals surface area (Å²) in [5.41, 5.74) is 0.864. The number of ether oxygens (including phenoxy) is 1. The Kier molecular flexibility index (Phi) is 2.99. The van der Waals surface area contributed by atoms with Gasteiger partial charge in [0.25, 0.3) is 0 Å². The van der Waals surface area contributed by atoms with Crippen LogP contribution in [-0.4, -0.2) is 19.0 Å². The summed E-state index contributed by atoms with van der Waals surface area (Å²) in [4.78, 5) is 13.1. The highest BCUT2D eigenvalue weighted by Gasteiger charge is 2.23. The van der Waals surface area contributed by atoms with Crippen LogP contribution in [0.25, 0.3) is 0 Å². The minimum absolute atomic E-state index is 0.0951. The van der Waals surface area contributed by atoms with E-state index in [1.807, 2.05) is 18.4 Å². The summed E-state index contributed by atoms with van der Waals surface area (Å²) in [5.74, 6) is 0.354. The van der Waals surface area contributed by atoms with Gasteiger partial charge in [0, 0.05) is 28.3 Å². The summed E-state index contributed by atoms with van der Waals surface area (Å²) in [6.45, 7) is 3.44. The molecule has 0 spiro atoms. The van der Waals surface area contributed by atoms with Gasteiger partial charge < -0.3 is 4.74 Å². The van der Waals surface area contributed by atoms with Gasteiger partial charge in [0.15, 0.2) is 5.78 Å². The molecule has 1 aromatic heterocycles. The third-order valence-corrected chi connectivity index (χ3v) is 3.41. The van der Waals surface area contributed by atoms with Gasteiger partial charge in [-0.05, 0) is 25.8 Å². The molecule has 1 saturated heterocycles. The van der Waals surface area contributed by atoms with Crippen molar-refractivity contribution in [3.05, 3.63) is 21.9 Å². The molecule has 0 radical (unpaired) electrons. The largest absolute Gasteiger partial charge is 0.381 e. The first kappa shape index (κ1) is 9.87. The van der Waals surface area contributed by atoms with Crippen molar-refractivity contribution in [3.63, 3.8) is 0 Å². The summed E-state index contributed by atoms with van der Waals surface area (Å²) in [6, 6.07) is 1.97. The van der Waals surface area contributed by atoms with Crippen LogP contribution in [0.1, 0.15) is 28.1 Å². The molecule has 0 aromatic carbocycles. The Morgan fingerprint density at radius 1 is 1.64 bits per heavy atom. The lowest BCUT2D eigenvalue weighted by molar-refractivity contribution is 0.0461. The van der Waals surface area contributed by atoms with Crippen molar-refractivity contribution in [2.24, 2.45) is 5.92 Å². The Balaban J connectivity index is 2.07. The fraction of sp³-hybridized carbons (Fsp3) is 0.545. The predicted octanol–water partition coefficient (Wildman–Crippen LogP) is 2.67. The van der Waals surface area contributed by atoms with Crippen molar-refractivity contribution >= 4 is 17.1 Å². The van der Waals surface area contributed by atoms with Crippen LogP contribution < -0.4 is 0 Å². The molecule has 1 aromatic rings. The molecule has 0 N–H and O–H groups in total. The Hall–Kier alpha value is -0.670. The van der Waals surface area contributed by atoms with Crippen molar-refractivity contribution in [1.82, 2.24) is 0 Å². The van der Waals surface area contributed by atoms with Gasteiger partial charge >= 0.3 is 0 Å². The first-order chi connectivity index (χ1) is 6.77. The molecule has 0 saturated carbocycles. The Labute approximate surface area is 87.9 Å². The van der Waals surface area contributed by atoms with Crippen LogP contribution in [0.3, 0.4) is 0 Å². The second-order valence-corrected chi connectivity index (χ2v) is 4.84. The van der Waals surface area contributed by atoms with E-state index in [2.05, 4.69) is 0 Å². The van der Waals surface area contributed by atoms with Gasteiger partial charge in [0.2, 0.25) is 0 Å². The molecule has 1 aliphatic rings. The third-order valence-electron chi connectivity index (χ3n) is 2.55. The molecule has 2 heterocycles. The summed E-state index contributed by atoms with van der Waals surface area (Å²) in [7, 11) is 0. The molecule has 0 amide bonds. The van der Waals surface area contributed by atoms with Crippen LogP contribution in [0.2, 0.25) is 0 Å². The van der Waals surface area contributed by atoms with Crippen molar-refractivity contribution in [3.8, 4) is 0 Å². The van der Waals surface area contributed by atoms with Gasteiger partial charge in [-0.1, -0.05) is 0 Å². The van der Waals surface area contributed by atoms with E-state index >= 15 is 0 Å². The zero-order valence-electron chi connectivity index (χ0n) is 8.29. The number of Topliss-reactive ketones (excluding diaryl/α,β-unsaturated/α-hetero) is 1. The minimum Gasteiger partial charge on any atom is -0.381 e. The quantitative estimate of drug-likeness (QED) is 0.701. The summed E-state index contributed by atoms with van der Waals surface area (Å²) >= 11 is 1.64. The maximum Gasteiger partial charge on any atom is 0.169 e.